The SMILES string of the molecule is CCOC(=O)c1n[nH]nc1-c1ccc2c(c1)OC(F)(F)C(F)(F)O2. The van der Waals surface area contributed by atoms with Crippen LogP contribution in [0.1, 0.15) is 17.4 Å². The van der Waals surface area contributed by atoms with Gasteiger partial charge in [-0.05, 0) is 25.1 Å². The number of rotatable bonds is 3. The van der Waals surface area contributed by atoms with E-state index in [2.05, 4.69) is 24.9 Å². The number of fused-ring (bicyclic) bond motifs is 1. The second-order valence-corrected chi connectivity index (χ2v) is 4.64. The largest absolute Gasteiger partial charge is 0.507 e. The number of halogens is 4. The van der Waals surface area contributed by atoms with E-state index in [0.717, 1.165) is 12.1 Å². The molecular weight excluding hydrogens is 338 g/mol. The molecule has 0 radical (unpaired) electrons. The van der Waals surface area contributed by atoms with E-state index >= 15 is 0 Å². The van der Waals surface area contributed by atoms with Crippen LogP contribution >= 0.6 is 0 Å². The minimum Gasteiger partial charge on any atom is -0.461 e. The highest BCUT2D eigenvalue weighted by Crippen LogP contribution is 2.47. The lowest BCUT2D eigenvalue weighted by Crippen LogP contribution is -2.52. The summed E-state index contributed by atoms with van der Waals surface area (Å²) in [6, 6.07) is 3.22. The zero-order valence-corrected chi connectivity index (χ0v) is 12.0. The van der Waals surface area contributed by atoms with Crippen LogP contribution in [0.3, 0.4) is 0 Å². The van der Waals surface area contributed by atoms with Crippen LogP contribution in [0, 0.1) is 0 Å². The normalized spacial score (nSPS) is 17.4. The molecule has 0 amide bonds. The van der Waals surface area contributed by atoms with Gasteiger partial charge in [0.2, 0.25) is 0 Å². The molecule has 0 saturated heterocycles. The molecule has 11 heteroatoms. The summed E-state index contributed by atoms with van der Waals surface area (Å²) in [7, 11) is 0. The van der Waals surface area contributed by atoms with Gasteiger partial charge in [0.05, 0.1) is 6.61 Å². The molecule has 0 bridgehead atoms. The van der Waals surface area contributed by atoms with Gasteiger partial charge in [0.25, 0.3) is 0 Å². The predicted octanol–water partition coefficient (Wildman–Crippen LogP) is 2.61. The molecule has 1 aliphatic rings. The molecule has 128 valence electrons. The van der Waals surface area contributed by atoms with E-state index in [1.54, 1.807) is 6.92 Å². The fourth-order valence-corrected chi connectivity index (χ4v) is 1.99. The molecule has 1 aromatic carbocycles. The topological polar surface area (TPSA) is 86.3 Å². The van der Waals surface area contributed by atoms with Crippen molar-refractivity contribution in [1.29, 1.82) is 0 Å². The first-order valence-corrected chi connectivity index (χ1v) is 6.61. The maximum absolute atomic E-state index is 13.2. The molecule has 0 saturated carbocycles. The van der Waals surface area contributed by atoms with Crippen molar-refractivity contribution in [2.45, 2.75) is 19.1 Å². The third-order valence-corrected chi connectivity index (χ3v) is 3.05. The van der Waals surface area contributed by atoms with Gasteiger partial charge in [-0.3, -0.25) is 0 Å². The Bertz CT molecular complexity index is 793. The van der Waals surface area contributed by atoms with Gasteiger partial charge in [-0.2, -0.15) is 27.9 Å². The van der Waals surface area contributed by atoms with Crippen molar-refractivity contribution in [3.63, 3.8) is 0 Å². The number of nitrogens with zero attached hydrogens (tertiary/aromatic N) is 2. The Morgan fingerprint density at radius 2 is 1.83 bits per heavy atom. The highest BCUT2D eigenvalue weighted by Gasteiger charge is 2.65. The van der Waals surface area contributed by atoms with E-state index in [9.17, 15) is 22.4 Å². The number of H-pyrrole nitrogens is 1. The van der Waals surface area contributed by atoms with E-state index < -0.39 is 29.7 Å². The molecular formula is C13H9F4N3O4. The Morgan fingerprint density at radius 1 is 1.17 bits per heavy atom. The quantitative estimate of drug-likeness (QED) is 0.678. The number of alkyl halides is 4. The Labute approximate surface area is 131 Å². The average molecular weight is 347 g/mol. The maximum Gasteiger partial charge on any atom is 0.507 e. The lowest BCUT2D eigenvalue weighted by molar-refractivity contribution is -0.391. The summed E-state index contributed by atoms with van der Waals surface area (Å²) in [6.45, 7) is 1.68. The van der Waals surface area contributed by atoms with Crippen molar-refractivity contribution in [1.82, 2.24) is 15.4 Å². The number of benzene rings is 1. The molecule has 0 unspecified atom stereocenters. The van der Waals surface area contributed by atoms with Crippen molar-refractivity contribution in [2.75, 3.05) is 6.61 Å². The summed E-state index contributed by atoms with van der Waals surface area (Å²) in [4.78, 5) is 11.8. The van der Waals surface area contributed by atoms with Crippen molar-refractivity contribution < 1.29 is 36.6 Å². The summed E-state index contributed by atoms with van der Waals surface area (Å²) in [6.07, 6.45) is -9.64. The smallest absolute Gasteiger partial charge is 0.461 e. The molecule has 1 aromatic heterocycles. The summed E-state index contributed by atoms with van der Waals surface area (Å²) < 4.78 is 65.5. The third-order valence-electron chi connectivity index (χ3n) is 3.05. The van der Waals surface area contributed by atoms with E-state index in [4.69, 9.17) is 4.74 Å². The van der Waals surface area contributed by atoms with Gasteiger partial charge in [0.1, 0.15) is 5.69 Å². The fraction of sp³-hybridized carbons (Fsp3) is 0.308. The van der Waals surface area contributed by atoms with Gasteiger partial charge >= 0.3 is 18.2 Å². The first kappa shape index (κ1) is 16.0. The number of carbonyl (C=O) groups excluding carboxylic acids is 1. The molecule has 1 aliphatic heterocycles. The Hall–Kier alpha value is -2.85. The minimum atomic E-state index is -4.84. The van der Waals surface area contributed by atoms with Crippen molar-refractivity contribution >= 4 is 5.97 Å². The molecule has 1 N–H and O–H groups in total. The number of hydrogen-bond donors (Lipinski definition) is 1. The number of aromatic nitrogens is 3. The molecule has 0 atom stereocenters. The molecule has 2 heterocycles. The first-order chi connectivity index (χ1) is 11.2. The van der Waals surface area contributed by atoms with Crippen molar-refractivity contribution in [2.24, 2.45) is 0 Å². The molecule has 0 fully saturated rings. The maximum atomic E-state index is 13.2. The van der Waals surface area contributed by atoms with Crippen LogP contribution in [-0.2, 0) is 4.74 Å². The lowest BCUT2D eigenvalue weighted by Gasteiger charge is -2.31. The van der Waals surface area contributed by atoms with Gasteiger partial charge in [0, 0.05) is 5.56 Å². The fourth-order valence-electron chi connectivity index (χ4n) is 1.99. The van der Waals surface area contributed by atoms with Crippen LogP contribution in [-0.4, -0.2) is 40.2 Å². The number of ether oxygens (including phenoxy) is 3. The summed E-state index contributed by atoms with van der Waals surface area (Å²) in [5.74, 6) is -1.98. The number of hydrogen-bond acceptors (Lipinski definition) is 6. The molecule has 3 rings (SSSR count). The molecule has 7 nitrogen and oxygen atoms in total. The zero-order chi connectivity index (χ0) is 17.5. The van der Waals surface area contributed by atoms with Crippen molar-refractivity contribution in [3.05, 3.63) is 23.9 Å². The first-order valence-electron chi connectivity index (χ1n) is 6.61. The summed E-state index contributed by atoms with van der Waals surface area (Å²) >= 11 is 0. The van der Waals surface area contributed by atoms with Crippen LogP contribution in [0.5, 0.6) is 11.5 Å². The highest BCUT2D eigenvalue weighted by molar-refractivity contribution is 5.94. The van der Waals surface area contributed by atoms with E-state index in [1.165, 1.54) is 6.07 Å². The van der Waals surface area contributed by atoms with Crippen LogP contribution in [0.2, 0.25) is 0 Å². The minimum absolute atomic E-state index is 0.0134. The average Bonchev–Trinajstić information content (AvgIpc) is 2.97. The summed E-state index contributed by atoms with van der Waals surface area (Å²) in [5, 5.41) is 9.56. The second kappa shape index (κ2) is 5.35. The van der Waals surface area contributed by atoms with Gasteiger partial charge in [-0.1, -0.05) is 0 Å². The number of esters is 1. The predicted molar refractivity (Wildman–Crippen MR) is 68.9 cm³/mol. The molecule has 0 aliphatic carbocycles. The second-order valence-electron chi connectivity index (χ2n) is 4.64. The molecule has 24 heavy (non-hydrogen) atoms. The highest BCUT2D eigenvalue weighted by atomic mass is 19.3. The Kier molecular flexibility index (Phi) is 3.57. The van der Waals surface area contributed by atoms with Gasteiger partial charge in [-0.25, -0.2) is 4.79 Å². The van der Waals surface area contributed by atoms with Crippen LogP contribution < -0.4 is 9.47 Å². The van der Waals surface area contributed by atoms with Crippen molar-refractivity contribution in [3.8, 4) is 22.8 Å². The van der Waals surface area contributed by atoms with Crippen LogP contribution in [0.4, 0.5) is 17.6 Å². The zero-order valence-electron chi connectivity index (χ0n) is 12.0. The molecule has 2 aromatic rings. The van der Waals surface area contributed by atoms with E-state index in [0.29, 0.717) is 0 Å². The van der Waals surface area contributed by atoms with Crippen LogP contribution in [0.25, 0.3) is 11.3 Å². The number of carbonyl (C=O) groups is 1. The molecule has 0 spiro atoms. The lowest BCUT2D eigenvalue weighted by atomic mass is 10.1. The Balaban J connectivity index is 2.00. The van der Waals surface area contributed by atoms with Gasteiger partial charge in [-0.15, -0.1) is 5.10 Å². The Morgan fingerprint density at radius 3 is 2.50 bits per heavy atom. The summed E-state index contributed by atoms with van der Waals surface area (Å²) in [5.41, 5.74) is -0.0821. The van der Waals surface area contributed by atoms with Gasteiger partial charge in [0.15, 0.2) is 17.2 Å². The van der Waals surface area contributed by atoms with E-state index in [-0.39, 0.29) is 23.6 Å². The third kappa shape index (κ3) is 2.51. The van der Waals surface area contributed by atoms with Crippen LogP contribution in [0.15, 0.2) is 18.2 Å². The monoisotopic (exact) mass is 347 g/mol. The number of aromatic amines is 1. The van der Waals surface area contributed by atoms with Gasteiger partial charge < -0.3 is 14.2 Å². The standard InChI is InChI=1S/C13H9F4N3O4/c1-2-22-11(21)10-9(18-20-19-10)6-3-4-7-8(5-6)24-13(16,17)12(14,15)23-7/h3-5H,2H2,1H3,(H,18,19,20). The number of nitrogens with one attached hydrogen (secondary N) is 1. The van der Waals surface area contributed by atoms with E-state index in [1.807, 2.05) is 0 Å².